The number of aromatic amines is 1. The average molecular weight is 471 g/mol. The fourth-order valence-electron chi connectivity index (χ4n) is 2.72. The van der Waals surface area contributed by atoms with Gasteiger partial charge in [-0.2, -0.15) is 18.3 Å². The van der Waals surface area contributed by atoms with Crippen LogP contribution >= 0.6 is 11.6 Å². The van der Waals surface area contributed by atoms with Crippen LogP contribution in [0.5, 0.6) is 11.5 Å². The summed E-state index contributed by atoms with van der Waals surface area (Å²) in [5.74, 6) is -2.73. The Hall–Kier alpha value is -3.21. The van der Waals surface area contributed by atoms with Crippen LogP contribution in [0.4, 0.5) is 23.2 Å². The molecular formula is C19H9B3ClF4N3O3. The van der Waals surface area contributed by atoms with Crippen molar-refractivity contribution in [3.05, 3.63) is 80.5 Å². The molecule has 1 amide bonds. The van der Waals surface area contributed by atoms with Gasteiger partial charge in [0.25, 0.3) is 11.5 Å². The highest BCUT2D eigenvalue weighted by atomic mass is 35.5. The third-order valence-electron chi connectivity index (χ3n) is 4.17. The first-order valence-corrected chi connectivity index (χ1v) is 9.25. The highest BCUT2D eigenvalue weighted by Gasteiger charge is 2.35. The molecule has 0 saturated heterocycles. The minimum atomic E-state index is -4.90. The molecular weight excluding hydrogens is 462 g/mol. The van der Waals surface area contributed by atoms with Gasteiger partial charge in [-0.25, -0.2) is 9.49 Å². The van der Waals surface area contributed by atoms with Crippen LogP contribution in [0.1, 0.15) is 21.5 Å². The highest BCUT2D eigenvalue weighted by Crippen LogP contribution is 2.41. The number of amides is 1. The lowest BCUT2D eigenvalue weighted by Gasteiger charge is -2.25. The highest BCUT2D eigenvalue weighted by molar-refractivity contribution is 6.59. The van der Waals surface area contributed by atoms with Crippen molar-refractivity contribution >= 4 is 46.7 Å². The molecule has 3 rings (SSSR count). The van der Waals surface area contributed by atoms with Gasteiger partial charge in [-0.3, -0.25) is 9.59 Å². The van der Waals surface area contributed by atoms with E-state index in [4.69, 9.17) is 39.9 Å². The maximum atomic E-state index is 13.7. The van der Waals surface area contributed by atoms with Crippen molar-refractivity contribution in [2.24, 2.45) is 0 Å². The Balaban J connectivity index is 2.13. The number of anilines is 1. The molecule has 0 fully saturated rings. The molecule has 0 aliphatic carbocycles. The summed E-state index contributed by atoms with van der Waals surface area (Å²) in [7, 11) is 16.8. The van der Waals surface area contributed by atoms with Crippen LogP contribution in [0.15, 0.2) is 47.4 Å². The second-order valence-corrected chi connectivity index (χ2v) is 7.20. The summed E-state index contributed by atoms with van der Waals surface area (Å²) in [6.45, 7) is 0. The molecule has 2 N–H and O–H groups in total. The Morgan fingerprint density at radius 3 is 2.36 bits per heavy atom. The molecule has 0 aliphatic rings. The van der Waals surface area contributed by atoms with E-state index in [-0.39, 0.29) is 17.0 Å². The fraction of sp³-hybridized carbons (Fsp3) is 0.105. The lowest BCUT2D eigenvalue weighted by atomic mass is 9.40. The molecule has 6 nitrogen and oxygen atoms in total. The van der Waals surface area contributed by atoms with E-state index in [1.807, 2.05) is 0 Å². The van der Waals surface area contributed by atoms with Crippen molar-refractivity contribution in [1.29, 1.82) is 0 Å². The standard InChI is InChI=1S/C19H9B3ClF4N3O3/c20-18(21,22)12-3-8(24)1-2-14(12)33-15-6-11(19(25,26)27)13(23)5-10(15)17(32)29-9-4-16(31)30-28-7-9/h1-7H,(H2,29,30,31,32). The van der Waals surface area contributed by atoms with Gasteiger partial charge in [0.2, 0.25) is 0 Å². The van der Waals surface area contributed by atoms with E-state index in [9.17, 15) is 27.2 Å². The molecule has 1 heterocycles. The maximum absolute atomic E-state index is 13.7. The Kier molecular flexibility index (Phi) is 6.64. The van der Waals surface area contributed by atoms with Gasteiger partial charge < -0.3 is 10.1 Å². The number of carbonyl (C=O) groups is 1. The van der Waals surface area contributed by atoms with E-state index < -0.39 is 50.5 Å². The van der Waals surface area contributed by atoms with Gasteiger partial charge in [0.1, 0.15) is 17.3 Å². The van der Waals surface area contributed by atoms with Crippen LogP contribution in [0.3, 0.4) is 0 Å². The van der Waals surface area contributed by atoms with E-state index in [2.05, 4.69) is 15.5 Å². The van der Waals surface area contributed by atoms with E-state index >= 15 is 0 Å². The lowest BCUT2D eigenvalue weighted by molar-refractivity contribution is -0.137. The normalized spacial score (nSPS) is 11.8. The average Bonchev–Trinajstić information content (AvgIpc) is 2.68. The van der Waals surface area contributed by atoms with Crippen LogP contribution in [-0.2, 0) is 11.3 Å². The van der Waals surface area contributed by atoms with Crippen molar-refractivity contribution < 1.29 is 27.1 Å². The van der Waals surface area contributed by atoms with Crippen LogP contribution in [0, 0.1) is 5.82 Å². The number of alkyl halides is 3. The molecule has 3 aromatic rings. The second-order valence-electron chi connectivity index (χ2n) is 6.79. The lowest BCUT2D eigenvalue weighted by Crippen LogP contribution is -2.27. The fourth-order valence-corrected chi connectivity index (χ4v) is 2.99. The number of hydrogen-bond acceptors (Lipinski definition) is 4. The molecule has 0 bridgehead atoms. The van der Waals surface area contributed by atoms with Crippen LogP contribution in [-0.4, -0.2) is 39.6 Å². The van der Waals surface area contributed by atoms with Crippen LogP contribution in [0.2, 0.25) is 5.02 Å². The molecule has 0 saturated carbocycles. The Morgan fingerprint density at radius 1 is 1.06 bits per heavy atom. The number of H-pyrrole nitrogens is 1. The van der Waals surface area contributed by atoms with Gasteiger partial charge >= 0.3 is 6.18 Å². The number of benzene rings is 2. The molecule has 14 heteroatoms. The van der Waals surface area contributed by atoms with Crippen molar-refractivity contribution in [3.8, 4) is 11.5 Å². The molecule has 6 radical (unpaired) electrons. The number of ether oxygens (including phenoxy) is 1. The predicted octanol–water partition coefficient (Wildman–Crippen LogP) is 3.24. The van der Waals surface area contributed by atoms with Crippen molar-refractivity contribution in [2.45, 2.75) is 11.3 Å². The summed E-state index contributed by atoms with van der Waals surface area (Å²) in [5, 5.41) is 4.95. The second kappa shape index (κ2) is 8.97. The van der Waals surface area contributed by atoms with Crippen molar-refractivity contribution in [3.63, 3.8) is 0 Å². The quantitative estimate of drug-likeness (QED) is 0.442. The van der Waals surface area contributed by atoms with Crippen molar-refractivity contribution in [1.82, 2.24) is 10.2 Å². The van der Waals surface area contributed by atoms with Gasteiger partial charge in [-0.1, -0.05) is 11.6 Å². The summed E-state index contributed by atoms with van der Waals surface area (Å²) >= 11 is 5.75. The number of carbonyl (C=O) groups excluding carboxylic acids is 1. The van der Waals surface area contributed by atoms with Crippen molar-refractivity contribution in [2.75, 3.05) is 5.32 Å². The molecule has 0 unspecified atom stereocenters. The van der Waals surface area contributed by atoms with Crippen LogP contribution < -0.4 is 15.6 Å². The third kappa shape index (κ3) is 5.78. The van der Waals surface area contributed by atoms with Gasteiger partial charge in [-0.15, -0.1) is 5.11 Å². The minimum Gasteiger partial charge on any atom is -0.456 e. The van der Waals surface area contributed by atoms with E-state index in [1.54, 1.807) is 0 Å². The Bertz CT molecular complexity index is 1280. The largest absolute Gasteiger partial charge is 0.456 e. The predicted molar refractivity (Wildman–Crippen MR) is 115 cm³/mol. The monoisotopic (exact) mass is 471 g/mol. The number of rotatable bonds is 5. The van der Waals surface area contributed by atoms with Gasteiger partial charge in [0.05, 0.1) is 51.6 Å². The topological polar surface area (TPSA) is 84.1 Å². The number of halogens is 5. The first kappa shape index (κ1) is 24.4. The number of hydrogen-bond donors (Lipinski definition) is 2. The molecule has 1 aromatic heterocycles. The van der Waals surface area contributed by atoms with Gasteiger partial charge in [0.15, 0.2) is 0 Å². The number of aromatic nitrogens is 2. The molecule has 0 atom stereocenters. The maximum Gasteiger partial charge on any atom is 0.417 e. The minimum absolute atomic E-state index is 0.0573. The molecule has 162 valence electrons. The van der Waals surface area contributed by atoms with Gasteiger partial charge in [0, 0.05) is 6.07 Å². The first-order valence-electron chi connectivity index (χ1n) is 8.87. The zero-order valence-corrected chi connectivity index (χ0v) is 17.1. The molecule has 0 aliphatic heterocycles. The SMILES string of the molecule is [B]C([B])([B])c1cc(F)ccc1Oc1cc(C(F)(F)F)c(Cl)cc1C(=O)Nc1cn[nH]c(=O)c1. The summed E-state index contributed by atoms with van der Waals surface area (Å²) in [6, 6.07) is 4.96. The number of nitrogens with one attached hydrogen (secondary N) is 2. The molecule has 2 aromatic carbocycles. The Morgan fingerprint density at radius 2 is 1.76 bits per heavy atom. The van der Waals surface area contributed by atoms with E-state index in [0.29, 0.717) is 6.07 Å². The summed E-state index contributed by atoms with van der Waals surface area (Å²) < 4.78 is 59.4. The first-order chi connectivity index (χ1) is 15.3. The third-order valence-corrected chi connectivity index (χ3v) is 4.48. The summed E-state index contributed by atoms with van der Waals surface area (Å²) in [4.78, 5) is 24.2. The van der Waals surface area contributed by atoms with E-state index in [1.165, 1.54) is 0 Å². The zero-order chi connectivity index (χ0) is 24.6. The molecule has 0 spiro atoms. The van der Waals surface area contributed by atoms with Crippen LogP contribution in [0.25, 0.3) is 0 Å². The smallest absolute Gasteiger partial charge is 0.417 e. The summed E-state index contributed by atoms with van der Waals surface area (Å²) in [6.07, 6.45) is -3.80. The summed E-state index contributed by atoms with van der Waals surface area (Å²) in [5.41, 5.74) is -2.76. The number of nitrogens with zero attached hydrogens (tertiary/aromatic N) is 1. The Labute approximate surface area is 192 Å². The zero-order valence-electron chi connectivity index (χ0n) is 16.3. The molecule has 33 heavy (non-hydrogen) atoms. The van der Waals surface area contributed by atoms with Gasteiger partial charge in [-0.05, 0) is 35.9 Å². The van der Waals surface area contributed by atoms with E-state index in [0.717, 1.165) is 36.5 Å².